The lowest BCUT2D eigenvalue weighted by Gasteiger charge is -2.15. The summed E-state index contributed by atoms with van der Waals surface area (Å²) in [7, 11) is 0. The van der Waals surface area contributed by atoms with Crippen LogP contribution in [0, 0.1) is 0 Å². The van der Waals surface area contributed by atoms with Gasteiger partial charge in [-0.3, -0.25) is 0 Å². The molecule has 2 rings (SSSR count). The van der Waals surface area contributed by atoms with Crippen molar-refractivity contribution in [1.29, 1.82) is 0 Å². The van der Waals surface area contributed by atoms with Crippen molar-refractivity contribution in [2.24, 2.45) is 0 Å². The number of urea groups is 1. The van der Waals surface area contributed by atoms with Gasteiger partial charge in [-0.05, 0) is 6.42 Å². The van der Waals surface area contributed by atoms with Gasteiger partial charge in [0.05, 0.1) is 12.1 Å². The number of unbranched alkanes of at least 4 members (excludes halogenated alkanes) is 1. The van der Waals surface area contributed by atoms with Gasteiger partial charge in [0.1, 0.15) is 0 Å². The predicted molar refractivity (Wildman–Crippen MR) is 55.0 cm³/mol. The van der Waals surface area contributed by atoms with E-state index in [0.29, 0.717) is 24.2 Å². The molecule has 0 radical (unpaired) electrons. The molecule has 74 valence electrons. The number of fused-ring (bicyclic) bond motifs is 1. The highest BCUT2D eigenvalue weighted by molar-refractivity contribution is 8.00. The second-order valence-electron chi connectivity index (χ2n) is 3.62. The van der Waals surface area contributed by atoms with Gasteiger partial charge in [0.2, 0.25) is 0 Å². The molecule has 2 aliphatic heterocycles. The van der Waals surface area contributed by atoms with Gasteiger partial charge in [-0.15, -0.1) is 0 Å². The molecule has 2 heterocycles. The van der Waals surface area contributed by atoms with Crippen LogP contribution in [0.2, 0.25) is 0 Å². The highest BCUT2D eigenvalue weighted by atomic mass is 32.2. The molecule has 0 aromatic carbocycles. The van der Waals surface area contributed by atoms with Crippen molar-refractivity contribution >= 4 is 17.8 Å². The normalized spacial score (nSPS) is 38.0. The van der Waals surface area contributed by atoms with Crippen molar-refractivity contribution in [1.82, 2.24) is 10.6 Å². The molecule has 3 atom stereocenters. The maximum atomic E-state index is 11.1. The third kappa shape index (κ3) is 1.77. The number of nitrogens with one attached hydrogen (secondary N) is 2. The highest BCUT2D eigenvalue weighted by Crippen LogP contribution is 2.32. The van der Waals surface area contributed by atoms with Gasteiger partial charge in [-0.1, -0.05) is 19.7 Å². The zero-order chi connectivity index (χ0) is 9.97. The Hall–Kier alpha value is -0.380. The first-order valence-electron chi connectivity index (χ1n) is 5.50. The molecule has 13 heavy (non-hydrogen) atoms. The van der Waals surface area contributed by atoms with E-state index in [2.05, 4.69) is 10.6 Å². The molecule has 2 amide bonds. The van der Waals surface area contributed by atoms with Crippen LogP contribution in [-0.2, 0) is 0 Å². The maximum Gasteiger partial charge on any atom is 0.315 e. The van der Waals surface area contributed by atoms with Gasteiger partial charge in [0.15, 0.2) is 0 Å². The van der Waals surface area contributed by atoms with Crippen molar-refractivity contribution in [3.63, 3.8) is 0 Å². The van der Waals surface area contributed by atoms with E-state index in [0.717, 1.165) is 25.0 Å². The van der Waals surface area contributed by atoms with Crippen molar-refractivity contribution in [3.05, 3.63) is 0 Å². The summed E-state index contributed by atoms with van der Waals surface area (Å²) in [6.45, 7) is 0.524. The van der Waals surface area contributed by atoms with Crippen molar-refractivity contribution in [2.45, 2.75) is 43.5 Å². The van der Waals surface area contributed by atoms with Crippen LogP contribution in [0.3, 0.4) is 0 Å². The molecule has 0 saturated carbocycles. The van der Waals surface area contributed by atoms with E-state index in [-0.39, 0.29) is 6.03 Å². The van der Waals surface area contributed by atoms with E-state index in [1.807, 2.05) is 11.8 Å². The summed E-state index contributed by atoms with van der Waals surface area (Å²) in [6, 6.07) is 0.664. The summed E-state index contributed by atoms with van der Waals surface area (Å²) in [5.41, 5.74) is 0. The first-order chi connectivity index (χ1) is 6.81. The smallest absolute Gasteiger partial charge is 0.315 e. The van der Waals surface area contributed by atoms with Gasteiger partial charge in [0.25, 0.3) is 0 Å². The van der Waals surface area contributed by atoms with Gasteiger partial charge >= 0.3 is 6.03 Å². The first-order valence-corrected chi connectivity index (χ1v) is 5.84. The van der Waals surface area contributed by atoms with Gasteiger partial charge in [0, 0.05) is 12.4 Å². The molecule has 0 aromatic rings. The molecule has 4 heteroatoms. The van der Waals surface area contributed by atoms with E-state index in [1.54, 1.807) is 0 Å². The van der Waals surface area contributed by atoms with E-state index >= 15 is 0 Å². The standard InChI is InChI=1S/C9H16N2OS/c1-2-3-4-7-8-6(5-13-7)10-9(12)11-8/h6-8H,2-5H2,1H3,(H2,10,11,12)/i1D. The van der Waals surface area contributed by atoms with E-state index in [1.165, 1.54) is 0 Å². The summed E-state index contributed by atoms with van der Waals surface area (Å²) < 4.78 is 7.07. The third-order valence-electron chi connectivity index (χ3n) is 2.68. The van der Waals surface area contributed by atoms with Gasteiger partial charge in [-0.25, -0.2) is 4.79 Å². The lowest BCUT2D eigenvalue weighted by Crippen LogP contribution is -2.36. The maximum absolute atomic E-state index is 11.1. The lowest BCUT2D eigenvalue weighted by atomic mass is 10.0. The third-order valence-corrected chi connectivity index (χ3v) is 4.19. The number of hydrogen-bond donors (Lipinski definition) is 2. The van der Waals surface area contributed by atoms with E-state index in [4.69, 9.17) is 1.37 Å². The molecule has 0 aromatic heterocycles. The quantitative estimate of drug-likeness (QED) is 0.534. The molecule has 2 aliphatic rings. The minimum Gasteiger partial charge on any atom is -0.332 e. The molecule has 3 unspecified atom stereocenters. The second-order valence-corrected chi connectivity index (χ2v) is 4.89. The molecule has 0 aliphatic carbocycles. The van der Waals surface area contributed by atoms with Crippen LogP contribution in [0.4, 0.5) is 4.79 Å². The Morgan fingerprint density at radius 3 is 3.46 bits per heavy atom. The monoisotopic (exact) mass is 201 g/mol. The van der Waals surface area contributed by atoms with Crippen LogP contribution >= 0.6 is 11.8 Å². The zero-order valence-electron chi connectivity index (χ0n) is 8.58. The number of rotatable bonds is 3. The second kappa shape index (κ2) is 3.78. The molecule has 2 saturated heterocycles. The summed E-state index contributed by atoms with van der Waals surface area (Å²) in [4.78, 5) is 11.1. The summed E-state index contributed by atoms with van der Waals surface area (Å²) in [5.74, 6) is 1.04. The SMILES string of the molecule is [2H]CCCCC1SCC2NC(=O)NC21. The van der Waals surface area contributed by atoms with Crippen LogP contribution in [0.15, 0.2) is 0 Å². The average molecular weight is 201 g/mol. The summed E-state index contributed by atoms with van der Waals surface area (Å²) >= 11 is 1.95. The Morgan fingerprint density at radius 2 is 2.62 bits per heavy atom. The zero-order valence-corrected chi connectivity index (χ0v) is 8.40. The molecule has 0 spiro atoms. The Labute approximate surface area is 84.4 Å². The van der Waals surface area contributed by atoms with Crippen molar-refractivity contribution in [3.8, 4) is 0 Å². The van der Waals surface area contributed by atoms with E-state index < -0.39 is 0 Å². The van der Waals surface area contributed by atoms with Crippen LogP contribution in [-0.4, -0.2) is 29.1 Å². The van der Waals surface area contributed by atoms with E-state index in [9.17, 15) is 4.79 Å². The van der Waals surface area contributed by atoms with Crippen molar-refractivity contribution in [2.75, 3.05) is 5.75 Å². The highest BCUT2D eigenvalue weighted by Gasteiger charge is 2.42. The predicted octanol–water partition coefficient (Wildman–Crippen LogP) is 1.34. The van der Waals surface area contributed by atoms with Crippen LogP contribution in [0.25, 0.3) is 0 Å². The molecule has 3 nitrogen and oxygen atoms in total. The summed E-state index contributed by atoms with van der Waals surface area (Å²) in [5, 5.41) is 6.46. The van der Waals surface area contributed by atoms with Gasteiger partial charge < -0.3 is 10.6 Å². The fourth-order valence-electron chi connectivity index (χ4n) is 1.99. The number of thioether (sulfide) groups is 1. The van der Waals surface area contributed by atoms with Gasteiger partial charge in [-0.2, -0.15) is 11.8 Å². The molecular formula is C9H16N2OS. The Morgan fingerprint density at radius 1 is 1.69 bits per heavy atom. The first kappa shape index (κ1) is 7.97. The Balaban J connectivity index is 1.80. The largest absolute Gasteiger partial charge is 0.332 e. The van der Waals surface area contributed by atoms with Crippen molar-refractivity contribution < 1.29 is 6.17 Å². The fourth-order valence-corrected chi connectivity index (χ4v) is 3.53. The lowest BCUT2D eigenvalue weighted by molar-refractivity contribution is 0.247. The van der Waals surface area contributed by atoms with Crippen LogP contribution < -0.4 is 10.6 Å². The Kier molecular flexibility index (Phi) is 2.32. The number of hydrogen-bond acceptors (Lipinski definition) is 2. The number of amides is 2. The summed E-state index contributed by atoms with van der Waals surface area (Å²) in [6.07, 6.45) is 3.22. The fraction of sp³-hybridized carbons (Fsp3) is 0.889. The molecule has 2 N–H and O–H groups in total. The topological polar surface area (TPSA) is 41.1 Å². The average Bonchev–Trinajstić information content (AvgIpc) is 2.66. The number of carbonyl (C=O) groups excluding carboxylic acids is 1. The molecular weight excluding hydrogens is 184 g/mol. The Bertz CT molecular complexity index is 227. The minimum absolute atomic E-state index is 0.00853. The van der Waals surface area contributed by atoms with Crippen LogP contribution in [0.5, 0.6) is 0 Å². The molecule has 2 fully saturated rings. The van der Waals surface area contributed by atoms with Crippen LogP contribution in [0.1, 0.15) is 27.5 Å². The molecule has 0 bridgehead atoms. The number of carbonyl (C=O) groups is 1. The minimum atomic E-state index is -0.00853.